The molecule has 0 aliphatic carbocycles. The monoisotopic (exact) mass is 426 g/mol. The zero-order chi connectivity index (χ0) is 20.9. The predicted molar refractivity (Wildman–Crippen MR) is 104 cm³/mol. The van der Waals surface area contributed by atoms with E-state index >= 15 is 8.78 Å². The molecule has 0 aliphatic rings. The fourth-order valence-electron chi connectivity index (χ4n) is 3.08. The second kappa shape index (κ2) is 6.74. The van der Waals surface area contributed by atoms with Crippen LogP contribution >= 0.6 is 11.6 Å². The number of halogens is 4. The van der Waals surface area contributed by atoms with E-state index in [-0.39, 0.29) is 17.0 Å². The van der Waals surface area contributed by atoms with Gasteiger partial charge in [-0.2, -0.15) is 18.4 Å². The molecule has 0 saturated carbocycles. The molecular formula is C20H10ClF3N6. The van der Waals surface area contributed by atoms with Gasteiger partial charge in [0.05, 0.1) is 16.7 Å². The van der Waals surface area contributed by atoms with Crippen molar-refractivity contribution in [3.63, 3.8) is 0 Å². The molecule has 0 saturated heterocycles. The SMILES string of the molecule is Fc1ccc(-c2cnc3nnc(C(F)(F)c4ccc5nccc(Cl)c5c4)n3n2)cc1. The van der Waals surface area contributed by atoms with Gasteiger partial charge in [-0.25, -0.2) is 9.37 Å². The molecule has 5 aromatic rings. The summed E-state index contributed by atoms with van der Waals surface area (Å²) in [7, 11) is 0. The first-order valence-electron chi connectivity index (χ1n) is 8.71. The number of aromatic nitrogens is 6. The molecule has 30 heavy (non-hydrogen) atoms. The Balaban J connectivity index is 1.65. The Labute approximate surface area is 172 Å². The van der Waals surface area contributed by atoms with E-state index in [1.165, 1.54) is 60.9 Å². The Hall–Kier alpha value is -3.59. The number of alkyl halides is 2. The molecule has 10 heteroatoms. The summed E-state index contributed by atoms with van der Waals surface area (Å²) in [5.41, 5.74) is 0.933. The summed E-state index contributed by atoms with van der Waals surface area (Å²) in [5, 5.41) is 12.2. The number of hydrogen-bond acceptors (Lipinski definition) is 5. The summed E-state index contributed by atoms with van der Waals surface area (Å²) in [6.07, 6.45) is 2.86. The van der Waals surface area contributed by atoms with Crippen LogP contribution in [0.15, 0.2) is 60.9 Å². The standard InChI is InChI=1S/C20H10ClF3N6/c21-15-7-8-25-16-6-3-12(9-14(15)16)20(23,24)18-27-28-19-26-10-17(29-30(18)19)11-1-4-13(22)5-2-11/h1-10H. The van der Waals surface area contributed by atoms with Crippen LogP contribution in [0.25, 0.3) is 27.9 Å². The van der Waals surface area contributed by atoms with Crippen molar-refractivity contribution in [1.29, 1.82) is 0 Å². The van der Waals surface area contributed by atoms with E-state index in [1.54, 1.807) is 0 Å². The van der Waals surface area contributed by atoms with Gasteiger partial charge < -0.3 is 0 Å². The highest BCUT2D eigenvalue weighted by Crippen LogP contribution is 2.36. The Morgan fingerprint density at radius 2 is 1.73 bits per heavy atom. The highest BCUT2D eigenvalue weighted by molar-refractivity contribution is 6.35. The minimum Gasteiger partial charge on any atom is -0.256 e. The van der Waals surface area contributed by atoms with Crippen LogP contribution in [0.1, 0.15) is 11.4 Å². The smallest absolute Gasteiger partial charge is 0.256 e. The quantitative estimate of drug-likeness (QED) is 0.419. The minimum absolute atomic E-state index is 0.0870. The van der Waals surface area contributed by atoms with E-state index in [0.717, 1.165) is 4.52 Å². The Kier molecular flexibility index (Phi) is 4.14. The van der Waals surface area contributed by atoms with Gasteiger partial charge in [0.15, 0.2) is 0 Å². The van der Waals surface area contributed by atoms with E-state index < -0.39 is 17.6 Å². The predicted octanol–water partition coefficient (Wildman–Crippen LogP) is 4.67. The molecule has 0 spiro atoms. The Morgan fingerprint density at radius 1 is 0.933 bits per heavy atom. The third-order valence-electron chi connectivity index (χ3n) is 4.61. The van der Waals surface area contributed by atoms with Gasteiger partial charge >= 0.3 is 5.92 Å². The fraction of sp³-hybridized carbons (Fsp3) is 0.0500. The maximum absolute atomic E-state index is 15.4. The third-order valence-corrected chi connectivity index (χ3v) is 4.94. The van der Waals surface area contributed by atoms with Crippen LogP contribution in [-0.2, 0) is 5.92 Å². The lowest BCUT2D eigenvalue weighted by Crippen LogP contribution is -2.20. The molecule has 0 fully saturated rings. The first-order chi connectivity index (χ1) is 14.4. The average Bonchev–Trinajstić information content (AvgIpc) is 3.18. The molecule has 0 unspecified atom stereocenters. The van der Waals surface area contributed by atoms with E-state index in [1.807, 2.05) is 0 Å². The van der Waals surface area contributed by atoms with Crippen LogP contribution in [-0.4, -0.2) is 29.8 Å². The highest BCUT2D eigenvalue weighted by atomic mass is 35.5. The average molecular weight is 427 g/mol. The summed E-state index contributed by atoms with van der Waals surface area (Å²) < 4.78 is 44.8. The second-order valence-corrected chi connectivity index (χ2v) is 6.89. The Morgan fingerprint density at radius 3 is 2.53 bits per heavy atom. The minimum atomic E-state index is -3.54. The fourth-order valence-corrected chi connectivity index (χ4v) is 3.29. The van der Waals surface area contributed by atoms with Crippen LogP contribution in [0, 0.1) is 5.82 Å². The summed E-state index contributed by atoms with van der Waals surface area (Å²) in [5.74, 6) is -4.75. The molecule has 5 rings (SSSR count). The molecule has 148 valence electrons. The number of rotatable bonds is 3. The number of fused-ring (bicyclic) bond motifs is 2. The third kappa shape index (κ3) is 2.94. The lowest BCUT2D eigenvalue weighted by Gasteiger charge is -2.15. The zero-order valence-corrected chi connectivity index (χ0v) is 15.7. The largest absolute Gasteiger partial charge is 0.333 e. The van der Waals surface area contributed by atoms with Crippen molar-refractivity contribution in [1.82, 2.24) is 29.8 Å². The van der Waals surface area contributed by atoms with Gasteiger partial charge in [-0.1, -0.05) is 17.7 Å². The molecule has 0 N–H and O–H groups in total. The van der Waals surface area contributed by atoms with Crippen molar-refractivity contribution < 1.29 is 13.2 Å². The topological polar surface area (TPSA) is 68.9 Å². The van der Waals surface area contributed by atoms with Crippen LogP contribution in [0.3, 0.4) is 0 Å². The normalized spacial score (nSPS) is 12.0. The van der Waals surface area contributed by atoms with Crippen molar-refractivity contribution in [3.8, 4) is 11.3 Å². The van der Waals surface area contributed by atoms with Crippen molar-refractivity contribution >= 4 is 28.3 Å². The van der Waals surface area contributed by atoms with E-state index in [2.05, 4.69) is 25.3 Å². The van der Waals surface area contributed by atoms with Gasteiger partial charge in [-0.15, -0.1) is 10.2 Å². The van der Waals surface area contributed by atoms with Crippen LogP contribution in [0.5, 0.6) is 0 Å². The van der Waals surface area contributed by atoms with Gasteiger partial charge in [-0.05, 0) is 42.5 Å². The van der Waals surface area contributed by atoms with Crippen molar-refractivity contribution in [2.24, 2.45) is 0 Å². The van der Waals surface area contributed by atoms with E-state index in [0.29, 0.717) is 21.5 Å². The maximum Gasteiger partial charge on any atom is 0.333 e. The van der Waals surface area contributed by atoms with Crippen LogP contribution in [0.2, 0.25) is 5.02 Å². The number of hydrogen-bond donors (Lipinski definition) is 0. The lowest BCUT2D eigenvalue weighted by molar-refractivity contribution is 0.0307. The first kappa shape index (κ1) is 18.4. The van der Waals surface area contributed by atoms with Gasteiger partial charge in [0.2, 0.25) is 5.82 Å². The summed E-state index contributed by atoms with van der Waals surface area (Å²) in [6.45, 7) is 0. The van der Waals surface area contributed by atoms with Crippen LogP contribution < -0.4 is 0 Å². The second-order valence-electron chi connectivity index (χ2n) is 6.48. The van der Waals surface area contributed by atoms with Crippen molar-refractivity contribution in [2.75, 3.05) is 0 Å². The van der Waals surface area contributed by atoms with Crippen molar-refractivity contribution in [2.45, 2.75) is 5.92 Å². The summed E-state index contributed by atoms with van der Waals surface area (Å²) >= 11 is 6.13. The van der Waals surface area contributed by atoms with Gasteiger partial charge in [-0.3, -0.25) is 4.98 Å². The van der Waals surface area contributed by atoms with E-state index in [4.69, 9.17) is 11.6 Å². The molecule has 0 atom stereocenters. The van der Waals surface area contributed by atoms with Gasteiger partial charge in [0.1, 0.15) is 11.5 Å². The van der Waals surface area contributed by atoms with Gasteiger partial charge in [0, 0.05) is 22.7 Å². The summed E-state index contributed by atoms with van der Waals surface area (Å²) in [6, 6.07) is 11.0. The molecule has 3 heterocycles. The number of nitrogens with zero attached hydrogens (tertiary/aromatic N) is 6. The number of pyridine rings is 1. The van der Waals surface area contributed by atoms with Crippen LogP contribution in [0.4, 0.5) is 13.2 Å². The first-order valence-corrected chi connectivity index (χ1v) is 9.09. The molecule has 0 amide bonds. The lowest BCUT2D eigenvalue weighted by atomic mass is 10.0. The summed E-state index contributed by atoms with van der Waals surface area (Å²) in [4.78, 5) is 8.16. The molecule has 0 radical (unpaired) electrons. The Bertz CT molecular complexity index is 1400. The number of benzene rings is 2. The van der Waals surface area contributed by atoms with E-state index in [9.17, 15) is 4.39 Å². The highest BCUT2D eigenvalue weighted by Gasteiger charge is 2.40. The maximum atomic E-state index is 15.4. The van der Waals surface area contributed by atoms with Crippen molar-refractivity contribution in [3.05, 3.63) is 83.2 Å². The molecule has 0 aliphatic heterocycles. The molecule has 0 bridgehead atoms. The molecule has 3 aromatic heterocycles. The zero-order valence-electron chi connectivity index (χ0n) is 15.0. The van der Waals surface area contributed by atoms with Gasteiger partial charge in [0.25, 0.3) is 5.78 Å². The molecule has 2 aromatic carbocycles. The molecular weight excluding hydrogens is 417 g/mol. The molecule has 6 nitrogen and oxygen atoms in total.